The van der Waals surface area contributed by atoms with Crippen molar-refractivity contribution < 1.29 is 9.53 Å². The zero-order chi connectivity index (χ0) is 13.7. The molecule has 0 atom stereocenters. The van der Waals surface area contributed by atoms with Gasteiger partial charge in [0.2, 0.25) is 5.91 Å². The smallest absolute Gasteiger partial charge is 0.238 e. The molecule has 1 fully saturated rings. The van der Waals surface area contributed by atoms with Crippen molar-refractivity contribution in [1.82, 2.24) is 4.90 Å². The lowest BCUT2D eigenvalue weighted by molar-refractivity contribution is -0.117. The minimum Gasteiger partial charge on any atom is -0.399 e. The van der Waals surface area contributed by atoms with Gasteiger partial charge in [0, 0.05) is 31.1 Å². The number of ether oxygens (including phenoxy) is 1. The molecule has 1 amide bonds. The van der Waals surface area contributed by atoms with Gasteiger partial charge < -0.3 is 15.8 Å². The summed E-state index contributed by atoms with van der Waals surface area (Å²) in [7, 11) is 1.68. The molecule has 0 spiro atoms. The van der Waals surface area contributed by atoms with Crippen molar-refractivity contribution in [2.75, 3.05) is 37.9 Å². The Labute approximate surface area is 113 Å². The van der Waals surface area contributed by atoms with Crippen LogP contribution >= 0.6 is 0 Å². The summed E-state index contributed by atoms with van der Waals surface area (Å²) in [6.45, 7) is 1.88. The second-order valence-electron chi connectivity index (χ2n) is 4.86. The fraction of sp³-hybridized carbons (Fsp3) is 0.500. The number of nitrogens with one attached hydrogen (secondary N) is 1. The van der Waals surface area contributed by atoms with Gasteiger partial charge in [0.15, 0.2) is 0 Å². The van der Waals surface area contributed by atoms with Crippen molar-refractivity contribution in [2.45, 2.75) is 18.9 Å². The highest BCUT2D eigenvalue weighted by Gasteiger charge is 2.29. The number of rotatable bonds is 7. The van der Waals surface area contributed by atoms with Gasteiger partial charge in [-0.2, -0.15) is 0 Å². The number of carbonyl (C=O) groups excluding carboxylic acids is 1. The van der Waals surface area contributed by atoms with Crippen molar-refractivity contribution in [3.63, 3.8) is 0 Å². The largest absolute Gasteiger partial charge is 0.399 e. The highest BCUT2D eigenvalue weighted by Crippen LogP contribution is 2.26. The topological polar surface area (TPSA) is 67.6 Å². The Bertz CT molecular complexity index is 415. The number of benzene rings is 1. The Morgan fingerprint density at radius 3 is 2.68 bits per heavy atom. The van der Waals surface area contributed by atoms with E-state index in [9.17, 15) is 4.79 Å². The third-order valence-corrected chi connectivity index (χ3v) is 3.19. The molecule has 0 radical (unpaired) electrons. The lowest BCUT2D eigenvalue weighted by Crippen LogP contribution is -2.37. The SMILES string of the molecule is COCCN(CC(=O)Nc1ccc(N)cc1)C1CC1. The molecule has 1 aromatic rings. The molecule has 0 saturated heterocycles. The summed E-state index contributed by atoms with van der Waals surface area (Å²) >= 11 is 0. The van der Waals surface area contributed by atoms with E-state index < -0.39 is 0 Å². The highest BCUT2D eigenvalue weighted by atomic mass is 16.5. The molecule has 0 aliphatic heterocycles. The van der Waals surface area contributed by atoms with Crippen LogP contribution in [0.5, 0.6) is 0 Å². The third-order valence-electron chi connectivity index (χ3n) is 3.19. The quantitative estimate of drug-likeness (QED) is 0.728. The first kappa shape index (κ1) is 13.8. The van der Waals surface area contributed by atoms with Crippen molar-refractivity contribution in [3.05, 3.63) is 24.3 Å². The van der Waals surface area contributed by atoms with Crippen LogP contribution in [0.4, 0.5) is 11.4 Å². The Kier molecular flexibility index (Phi) is 4.76. The molecule has 0 heterocycles. The van der Waals surface area contributed by atoms with Crippen LogP contribution in [-0.4, -0.2) is 43.7 Å². The molecule has 0 bridgehead atoms. The molecule has 104 valence electrons. The number of amides is 1. The van der Waals surface area contributed by atoms with Crippen molar-refractivity contribution in [2.24, 2.45) is 0 Å². The maximum atomic E-state index is 12.0. The van der Waals surface area contributed by atoms with Crippen molar-refractivity contribution in [3.8, 4) is 0 Å². The lowest BCUT2D eigenvalue weighted by Gasteiger charge is -2.20. The van der Waals surface area contributed by atoms with E-state index in [0.29, 0.717) is 24.9 Å². The van der Waals surface area contributed by atoms with Gasteiger partial charge in [-0.15, -0.1) is 0 Å². The molecule has 5 heteroatoms. The number of carbonyl (C=O) groups is 1. The number of hydrogen-bond acceptors (Lipinski definition) is 4. The summed E-state index contributed by atoms with van der Waals surface area (Å²) in [6, 6.07) is 7.72. The average Bonchev–Trinajstić information content (AvgIpc) is 3.21. The molecule has 2 rings (SSSR count). The van der Waals surface area contributed by atoms with E-state index in [1.807, 2.05) is 12.1 Å². The van der Waals surface area contributed by atoms with Crippen LogP contribution in [0.2, 0.25) is 0 Å². The summed E-state index contributed by atoms with van der Waals surface area (Å²) in [4.78, 5) is 14.2. The first-order valence-corrected chi connectivity index (χ1v) is 6.57. The lowest BCUT2D eigenvalue weighted by atomic mass is 10.3. The predicted octanol–water partition coefficient (Wildman–Crippen LogP) is 1.32. The van der Waals surface area contributed by atoms with E-state index in [-0.39, 0.29) is 5.91 Å². The molecular formula is C14H21N3O2. The number of nitrogen functional groups attached to an aromatic ring is 1. The molecule has 19 heavy (non-hydrogen) atoms. The standard InChI is InChI=1S/C14H21N3O2/c1-19-9-8-17(13-6-7-13)10-14(18)16-12-4-2-11(15)3-5-12/h2-5,13H,6-10,15H2,1H3,(H,16,18). The van der Waals surface area contributed by atoms with Crippen LogP contribution in [0.25, 0.3) is 0 Å². The van der Waals surface area contributed by atoms with Crippen LogP contribution in [0.3, 0.4) is 0 Å². The van der Waals surface area contributed by atoms with Crippen LogP contribution in [0, 0.1) is 0 Å². The molecule has 5 nitrogen and oxygen atoms in total. The second-order valence-corrected chi connectivity index (χ2v) is 4.86. The van der Waals surface area contributed by atoms with Crippen molar-refractivity contribution >= 4 is 17.3 Å². The van der Waals surface area contributed by atoms with Gasteiger partial charge in [-0.05, 0) is 37.1 Å². The first-order valence-electron chi connectivity index (χ1n) is 6.57. The Morgan fingerprint density at radius 2 is 2.11 bits per heavy atom. The highest BCUT2D eigenvalue weighted by molar-refractivity contribution is 5.92. The third kappa shape index (κ3) is 4.54. The van der Waals surface area contributed by atoms with Gasteiger partial charge in [0.25, 0.3) is 0 Å². The summed E-state index contributed by atoms with van der Waals surface area (Å²) in [6.07, 6.45) is 2.36. The van der Waals surface area contributed by atoms with Gasteiger partial charge in [-0.25, -0.2) is 0 Å². The van der Waals surface area contributed by atoms with E-state index in [4.69, 9.17) is 10.5 Å². The zero-order valence-corrected chi connectivity index (χ0v) is 11.3. The molecule has 3 N–H and O–H groups in total. The van der Waals surface area contributed by atoms with Gasteiger partial charge >= 0.3 is 0 Å². The van der Waals surface area contributed by atoms with Crippen LogP contribution < -0.4 is 11.1 Å². The monoisotopic (exact) mass is 263 g/mol. The summed E-state index contributed by atoms with van der Waals surface area (Å²) in [5.74, 6) is 0.00720. The number of anilines is 2. The predicted molar refractivity (Wildman–Crippen MR) is 76.0 cm³/mol. The molecule has 0 aromatic heterocycles. The molecular weight excluding hydrogens is 242 g/mol. The maximum Gasteiger partial charge on any atom is 0.238 e. The maximum absolute atomic E-state index is 12.0. The fourth-order valence-electron chi connectivity index (χ4n) is 1.99. The number of hydrogen-bond donors (Lipinski definition) is 2. The average molecular weight is 263 g/mol. The molecule has 1 aliphatic carbocycles. The van der Waals surface area contributed by atoms with Gasteiger partial charge in [0.1, 0.15) is 0 Å². The minimum absolute atomic E-state index is 0.00720. The van der Waals surface area contributed by atoms with E-state index >= 15 is 0 Å². The number of nitrogens with zero attached hydrogens (tertiary/aromatic N) is 1. The van der Waals surface area contributed by atoms with E-state index in [0.717, 1.165) is 12.2 Å². The molecule has 1 aliphatic rings. The Balaban J connectivity index is 1.83. The van der Waals surface area contributed by atoms with Gasteiger partial charge in [0.05, 0.1) is 13.2 Å². The van der Waals surface area contributed by atoms with Crippen LogP contribution in [-0.2, 0) is 9.53 Å². The van der Waals surface area contributed by atoms with E-state index in [1.54, 1.807) is 19.2 Å². The summed E-state index contributed by atoms with van der Waals surface area (Å²) in [5, 5.41) is 2.88. The normalized spacial score (nSPS) is 14.6. The fourth-order valence-corrected chi connectivity index (χ4v) is 1.99. The van der Waals surface area contributed by atoms with Gasteiger partial charge in [-0.3, -0.25) is 9.69 Å². The first-order chi connectivity index (χ1) is 9.19. The molecule has 0 unspecified atom stereocenters. The summed E-state index contributed by atoms with van der Waals surface area (Å²) in [5.41, 5.74) is 7.08. The van der Waals surface area contributed by atoms with Gasteiger partial charge in [-0.1, -0.05) is 0 Å². The molecule has 1 saturated carbocycles. The zero-order valence-electron chi connectivity index (χ0n) is 11.3. The molecule has 1 aromatic carbocycles. The van der Waals surface area contributed by atoms with E-state index in [2.05, 4.69) is 10.2 Å². The summed E-state index contributed by atoms with van der Waals surface area (Å²) < 4.78 is 5.08. The van der Waals surface area contributed by atoms with Crippen LogP contribution in [0.15, 0.2) is 24.3 Å². The van der Waals surface area contributed by atoms with E-state index in [1.165, 1.54) is 12.8 Å². The number of nitrogens with two attached hydrogens (primary N) is 1. The Hall–Kier alpha value is -1.59. The second kappa shape index (κ2) is 6.54. The van der Waals surface area contributed by atoms with Crippen molar-refractivity contribution in [1.29, 1.82) is 0 Å². The van der Waals surface area contributed by atoms with Crippen LogP contribution in [0.1, 0.15) is 12.8 Å². The number of methoxy groups -OCH3 is 1. The Morgan fingerprint density at radius 1 is 1.42 bits per heavy atom. The minimum atomic E-state index is 0.00720.